The van der Waals surface area contributed by atoms with Gasteiger partial charge in [-0.15, -0.1) is 0 Å². The van der Waals surface area contributed by atoms with E-state index >= 15 is 0 Å². The van der Waals surface area contributed by atoms with E-state index in [1.165, 1.54) is 11.8 Å². The van der Waals surface area contributed by atoms with Crippen molar-refractivity contribution in [2.45, 2.75) is 10.5 Å². The lowest BCUT2D eigenvalue weighted by atomic mass is 10.3. The lowest BCUT2D eigenvalue weighted by Crippen LogP contribution is -2.06. The number of thioether (sulfide) groups is 1. The van der Waals surface area contributed by atoms with Gasteiger partial charge < -0.3 is 10.4 Å². The van der Waals surface area contributed by atoms with Crippen LogP contribution in [0.15, 0.2) is 29.2 Å². The molecular weight excluding hydrogens is 146 g/mol. The second-order valence-corrected chi connectivity index (χ2v) is 3.23. The van der Waals surface area contributed by atoms with E-state index in [9.17, 15) is 0 Å². The van der Waals surface area contributed by atoms with E-state index < -0.39 is 5.56 Å². The monoisotopic (exact) mass is 153 g/mol. The predicted octanol–water partition coefficient (Wildman–Crippen LogP) is 1.48. The summed E-state index contributed by atoms with van der Waals surface area (Å²) < 4.78 is 0. The normalized spacial score (nSPS) is 21.9. The predicted molar refractivity (Wildman–Crippen MR) is 41.9 cm³/mol. The Kier molecular flexibility index (Phi) is 1.32. The molecule has 0 saturated carbocycles. The fourth-order valence-electron chi connectivity index (χ4n) is 0.971. The first-order valence-electron chi connectivity index (χ1n) is 3.06. The maximum absolute atomic E-state index is 9.10. The fraction of sp³-hybridized carbons (Fsp3) is 0.143. The van der Waals surface area contributed by atoms with Crippen molar-refractivity contribution in [1.82, 2.24) is 0 Å². The molecule has 1 aliphatic rings. The van der Waals surface area contributed by atoms with E-state index in [1.54, 1.807) is 0 Å². The summed E-state index contributed by atoms with van der Waals surface area (Å²) >= 11 is 1.44. The molecule has 3 heteroatoms. The third-order valence-electron chi connectivity index (χ3n) is 1.40. The second kappa shape index (κ2) is 2.18. The summed E-state index contributed by atoms with van der Waals surface area (Å²) in [5.41, 5.74) is 0.567. The molecule has 1 atom stereocenters. The minimum absolute atomic E-state index is 0.461. The van der Waals surface area contributed by atoms with Gasteiger partial charge >= 0.3 is 0 Å². The van der Waals surface area contributed by atoms with Gasteiger partial charge in [0.25, 0.3) is 0 Å². The zero-order chi connectivity index (χ0) is 6.97. The Labute approximate surface area is 63.3 Å². The summed E-state index contributed by atoms with van der Waals surface area (Å²) in [6.45, 7) is 0. The Bertz CT molecular complexity index is 226. The topological polar surface area (TPSA) is 32.3 Å². The molecule has 0 aromatic heterocycles. The molecule has 1 aromatic rings. The van der Waals surface area contributed by atoms with Crippen LogP contribution in [0.2, 0.25) is 0 Å². The molecule has 0 fully saturated rings. The summed E-state index contributed by atoms with van der Waals surface area (Å²) in [7, 11) is 0. The van der Waals surface area contributed by atoms with Crippen LogP contribution in [0.3, 0.4) is 0 Å². The van der Waals surface area contributed by atoms with Crippen molar-refractivity contribution < 1.29 is 5.11 Å². The van der Waals surface area contributed by atoms with E-state index in [4.69, 9.17) is 5.11 Å². The first kappa shape index (κ1) is 6.07. The van der Waals surface area contributed by atoms with Gasteiger partial charge in [0.2, 0.25) is 0 Å². The third kappa shape index (κ3) is 0.874. The van der Waals surface area contributed by atoms with E-state index in [2.05, 4.69) is 5.32 Å². The average molecular weight is 153 g/mol. The molecule has 0 bridgehead atoms. The van der Waals surface area contributed by atoms with E-state index in [1.807, 2.05) is 24.3 Å². The zero-order valence-corrected chi connectivity index (χ0v) is 6.06. The Morgan fingerprint density at radius 3 is 3.00 bits per heavy atom. The van der Waals surface area contributed by atoms with Gasteiger partial charge in [-0.3, -0.25) is 0 Å². The molecule has 1 aliphatic heterocycles. The minimum Gasteiger partial charge on any atom is -0.364 e. The maximum atomic E-state index is 9.10. The molecule has 0 aliphatic carbocycles. The van der Waals surface area contributed by atoms with Crippen LogP contribution in [0.25, 0.3) is 0 Å². The number of rotatable bonds is 0. The van der Waals surface area contributed by atoms with Gasteiger partial charge in [-0.1, -0.05) is 23.9 Å². The van der Waals surface area contributed by atoms with Crippen LogP contribution in [-0.2, 0) is 0 Å². The van der Waals surface area contributed by atoms with Crippen molar-refractivity contribution in [2.24, 2.45) is 0 Å². The SMILES string of the molecule is OC1Nc2ccccc2S1. The van der Waals surface area contributed by atoms with Crippen LogP contribution in [0.4, 0.5) is 5.69 Å². The lowest BCUT2D eigenvalue weighted by Gasteiger charge is -1.98. The highest BCUT2D eigenvalue weighted by atomic mass is 32.2. The van der Waals surface area contributed by atoms with Crippen molar-refractivity contribution >= 4 is 17.4 Å². The van der Waals surface area contributed by atoms with Crippen LogP contribution in [-0.4, -0.2) is 10.7 Å². The van der Waals surface area contributed by atoms with E-state index in [-0.39, 0.29) is 0 Å². The van der Waals surface area contributed by atoms with Crippen LogP contribution in [0.5, 0.6) is 0 Å². The molecule has 1 unspecified atom stereocenters. The number of benzene rings is 1. The highest BCUT2D eigenvalue weighted by molar-refractivity contribution is 8.00. The van der Waals surface area contributed by atoms with Crippen molar-refractivity contribution in [1.29, 1.82) is 0 Å². The number of fused-ring (bicyclic) bond motifs is 1. The molecule has 0 saturated heterocycles. The van der Waals surface area contributed by atoms with Gasteiger partial charge in [-0.2, -0.15) is 0 Å². The maximum Gasteiger partial charge on any atom is 0.178 e. The summed E-state index contributed by atoms with van der Waals surface area (Å²) in [5, 5.41) is 12.0. The number of hydrogen-bond donors (Lipinski definition) is 2. The second-order valence-electron chi connectivity index (χ2n) is 2.11. The smallest absolute Gasteiger partial charge is 0.178 e. The summed E-state index contributed by atoms with van der Waals surface area (Å²) in [5.74, 6) is 0. The van der Waals surface area contributed by atoms with Crippen molar-refractivity contribution in [2.75, 3.05) is 5.32 Å². The Morgan fingerprint density at radius 1 is 1.40 bits per heavy atom. The number of hydrogen-bond acceptors (Lipinski definition) is 3. The summed E-state index contributed by atoms with van der Waals surface area (Å²) in [4.78, 5) is 1.12. The molecule has 10 heavy (non-hydrogen) atoms. The molecule has 0 spiro atoms. The number of anilines is 1. The van der Waals surface area contributed by atoms with Gasteiger partial charge in [-0.25, -0.2) is 0 Å². The van der Waals surface area contributed by atoms with E-state index in [0.717, 1.165) is 10.6 Å². The average Bonchev–Trinajstić information content (AvgIpc) is 2.27. The standard InChI is InChI=1S/C7H7NOS/c9-7-8-5-3-1-2-4-6(5)10-7/h1-4,7-9H. The van der Waals surface area contributed by atoms with Gasteiger partial charge in [0.1, 0.15) is 0 Å². The minimum atomic E-state index is -0.461. The van der Waals surface area contributed by atoms with Crippen LogP contribution >= 0.6 is 11.8 Å². The fourth-order valence-corrected chi connectivity index (χ4v) is 1.81. The molecule has 2 N–H and O–H groups in total. The molecule has 0 radical (unpaired) electrons. The van der Waals surface area contributed by atoms with Crippen LogP contribution in [0.1, 0.15) is 0 Å². The van der Waals surface area contributed by atoms with Gasteiger partial charge in [0.15, 0.2) is 5.56 Å². The Hall–Kier alpha value is -0.670. The number of aliphatic hydroxyl groups is 1. The molecule has 2 rings (SSSR count). The number of para-hydroxylation sites is 1. The zero-order valence-electron chi connectivity index (χ0n) is 5.24. The van der Waals surface area contributed by atoms with E-state index in [0.29, 0.717) is 0 Å². The first-order valence-corrected chi connectivity index (χ1v) is 3.94. The quantitative estimate of drug-likeness (QED) is 0.592. The highest BCUT2D eigenvalue weighted by Crippen LogP contribution is 2.36. The van der Waals surface area contributed by atoms with Gasteiger partial charge in [0, 0.05) is 4.90 Å². The number of aliphatic hydroxyl groups excluding tert-OH is 1. The number of nitrogens with one attached hydrogen (secondary N) is 1. The van der Waals surface area contributed by atoms with Gasteiger partial charge in [-0.05, 0) is 12.1 Å². The molecule has 1 aromatic carbocycles. The van der Waals surface area contributed by atoms with Crippen LogP contribution < -0.4 is 5.32 Å². The molecule has 1 heterocycles. The largest absolute Gasteiger partial charge is 0.364 e. The van der Waals surface area contributed by atoms with Crippen molar-refractivity contribution in [3.05, 3.63) is 24.3 Å². The molecule has 52 valence electrons. The molecular formula is C7H7NOS. The molecule has 2 nitrogen and oxygen atoms in total. The Morgan fingerprint density at radius 2 is 2.20 bits per heavy atom. The first-order chi connectivity index (χ1) is 4.86. The Balaban J connectivity index is 2.42. The van der Waals surface area contributed by atoms with Gasteiger partial charge in [0.05, 0.1) is 5.69 Å². The molecule has 0 amide bonds. The van der Waals surface area contributed by atoms with Crippen molar-refractivity contribution in [3.63, 3.8) is 0 Å². The summed E-state index contributed by atoms with van der Waals surface area (Å²) in [6, 6.07) is 7.86. The lowest BCUT2D eigenvalue weighted by molar-refractivity contribution is 0.294. The van der Waals surface area contributed by atoms with Crippen molar-refractivity contribution in [3.8, 4) is 0 Å². The third-order valence-corrected chi connectivity index (χ3v) is 2.36. The van der Waals surface area contributed by atoms with Crippen LogP contribution in [0, 0.1) is 0 Å². The summed E-state index contributed by atoms with van der Waals surface area (Å²) in [6.07, 6.45) is 0. The highest BCUT2D eigenvalue weighted by Gasteiger charge is 2.16.